The summed E-state index contributed by atoms with van der Waals surface area (Å²) in [5.41, 5.74) is 1.11. The Hall–Kier alpha value is -1.16. The fourth-order valence-electron chi connectivity index (χ4n) is 2.90. The maximum Gasteiger partial charge on any atom is 0.129 e. The molecule has 1 aromatic heterocycles. The summed E-state index contributed by atoms with van der Waals surface area (Å²) in [6.45, 7) is 7.71. The number of hydrogen-bond donors (Lipinski definition) is 1. The summed E-state index contributed by atoms with van der Waals surface area (Å²) in [6, 6.07) is 3.41. The van der Waals surface area contributed by atoms with Gasteiger partial charge in [0, 0.05) is 23.8 Å². The van der Waals surface area contributed by atoms with Crippen LogP contribution in [0.2, 0.25) is 0 Å². The van der Waals surface area contributed by atoms with Crippen LogP contribution >= 0.6 is 0 Å². The highest BCUT2D eigenvalue weighted by atomic mass is 15.1. The van der Waals surface area contributed by atoms with Gasteiger partial charge in [0.2, 0.25) is 0 Å². The van der Waals surface area contributed by atoms with E-state index in [4.69, 9.17) is 0 Å². The van der Waals surface area contributed by atoms with Gasteiger partial charge in [-0.15, -0.1) is 0 Å². The van der Waals surface area contributed by atoms with Crippen LogP contribution in [0.5, 0.6) is 0 Å². The van der Waals surface area contributed by atoms with Crippen LogP contribution in [0.4, 0.5) is 5.82 Å². The largest absolute Gasteiger partial charge is 0.367 e. The zero-order valence-corrected chi connectivity index (χ0v) is 13.3. The molecule has 1 aliphatic rings. The molecule has 0 aliphatic heterocycles. The lowest BCUT2D eigenvalue weighted by molar-refractivity contribution is 0.194. The number of aromatic nitrogens is 2. The highest BCUT2D eigenvalue weighted by molar-refractivity contribution is 5.36. The summed E-state index contributed by atoms with van der Waals surface area (Å²) in [5, 5.41) is 3.58. The highest BCUT2D eigenvalue weighted by Gasteiger charge is 2.23. The van der Waals surface area contributed by atoms with E-state index in [0.717, 1.165) is 24.1 Å². The van der Waals surface area contributed by atoms with Crippen molar-refractivity contribution in [3.63, 3.8) is 0 Å². The van der Waals surface area contributed by atoms with E-state index < -0.39 is 0 Å². The van der Waals surface area contributed by atoms with E-state index >= 15 is 0 Å². The molecule has 0 saturated heterocycles. The summed E-state index contributed by atoms with van der Waals surface area (Å²) in [7, 11) is 2.23. The molecule has 4 heteroatoms. The molecule has 0 bridgehead atoms. The lowest BCUT2D eigenvalue weighted by Gasteiger charge is -2.34. The molecule has 1 heterocycles. The standard InChI is InChI=1S/C16H28N4/c1-5-20(4)14-8-6-13(7-9-14)19-16-10-15(12(2)3)17-11-18-16/h10-14H,5-9H2,1-4H3,(H,17,18,19)/t13-,14+. The van der Waals surface area contributed by atoms with Crippen molar-refractivity contribution in [2.24, 2.45) is 0 Å². The van der Waals surface area contributed by atoms with Crippen LogP contribution in [0.3, 0.4) is 0 Å². The number of hydrogen-bond acceptors (Lipinski definition) is 4. The fraction of sp³-hybridized carbons (Fsp3) is 0.750. The maximum absolute atomic E-state index is 4.35. The molecule has 1 saturated carbocycles. The second-order valence-corrected chi connectivity index (χ2v) is 6.21. The summed E-state index contributed by atoms with van der Waals surface area (Å²) in [5.74, 6) is 1.43. The molecule has 0 atom stereocenters. The predicted octanol–water partition coefficient (Wildman–Crippen LogP) is 3.27. The number of nitrogens with zero attached hydrogens (tertiary/aromatic N) is 3. The van der Waals surface area contributed by atoms with Crippen molar-refractivity contribution in [3.8, 4) is 0 Å². The molecular formula is C16H28N4. The molecule has 112 valence electrons. The van der Waals surface area contributed by atoms with Crippen LogP contribution in [0, 0.1) is 0 Å². The van der Waals surface area contributed by atoms with Crippen LogP contribution in [0.25, 0.3) is 0 Å². The van der Waals surface area contributed by atoms with Gasteiger partial charge in [-0.2, -0.15) is 0 Å². The molecule has 0 aromatic carbocycles. The zero-order chi connectivity index (χ0) is 14.5. The first kappa shape index (κ1) is 15.2. The van der Waals surface area contributed by atoms with E-state index in [1.807, 2.05) is 0 Å². The second-order valence-electron chi connectivity index (χ2n) is 6.21. The first-order valence-corrected chi connectivity index (χ1v) is 7.88. The molecule has 4 nitrogen and oxygen atoms in total. The first-order chi connectivity index (χ1) is 9.60. The van der Waals surface area contributed by atoms with Crippen molar-refractivity contribution in [3.05, 3.63) is 18.1 Å². The van der Waals surface area contributed by atoms with Crippen LogP contribution in [0.1, 0.15) is 58.1 Å². The lowest BCUT2D eigenvalue weighted by Crippen LogP contribution is -2.38. The molecule has 20 heavy (non-hydrogen) atoms. The molecule has 1 aromatic rings. The second kappa shape index (κ2) is 7.02. The van der Waals surface area contributed by atoms with Gasteiger partial charge in [0.1, 0.15) is 12.1 Å². The molecule has 0 radical (unpaired) electrons. The summed E-state index contributed by atoms with van der Waals surface area (Å²) in [6.07, 6.45) is 6.70. The molecule has 1 N–H and O–H groups in total. The first-order valence-electron chi connectivity index (χ1n) is 7.88. The average molecular weight is 276 g/mol. The molecule has 0 spiro atoms. The minimum atomic E-state index is 0.451. The number of rotatable bonds is 5. The van der Waals surface area contributed by atoms with E-state index in [9.17, 15) is 0 Å². The summed E-state index contributed by atoms with van der Waals surface area (Å²) < 4.78 is 0. The van der Waals surface area contributed by atoms with Crippen LogP contribution in [-0.4, -0.2) is 40.5 Å². The third-order valence-electron chi connectivity index (χ3n) is 4.45. The zero-order valence-electron chi connectivity index (χ0n) is 13.3. The lowest BCUT2D eigenvalue weighted by atomic mass is 9.90. The van der Waals surface area contributed by atoms with Gasteiger partial charge >= 0.3 is 0 Å². The van der Waals surface area contributed by atoms with Crippen molar-refractivity contribution in [2.75, 3.05) is 18.9 Å². The van der Waals surface area contributed by atoms with Gasteiger partial charge in [-0.3, -0.25) is 0 Å². The smallest absolute Gasteiger partial charge is 0.129 e. The Morgan fingerprint density at radius 3 is 2.55 bits per heavy atom. The minimum absolute atomic E-state index is 0.451. The molecule has 2 rings (SSSR count). The van der Waals surface area contributed by atoms with Crippen LogP contribution < -0.4 is 5.32 Å². The van der Waals surface area contributed by atoms with Gasteiger partial charge in [-0.25, -0.2) is 9.97 Å². The van der Waals surface area contributed by atoms with E-state index in [0.29, 0.717) is 12.0 Å². The van der Waals surface area contributed by atoms with Gasteiger partial charge < -0.3 is 10.2 Å². The Kier molecular flexibility index (Phi) is 5.35. The van der Waals surface area contributed by atoms with Crippen molar-refractivity contribution in [1.29, 1.82) is 0 Å². The molecule has 0 amide bonds. The molecule has 1 fully saturated rings. The number of nitrogens with one attached hydrogen (secondary N) is 1. The summed E-state index contributed by atoms with van der Waals surface area (Å²) in [4.78, 5) is 11.1. The van der Waals surface area contributed by atoms with Crippen molar-refractivity contribution < 1.29 is 0 Å². The van der Waals surface area contributed by atoms with Gasteiger partial charge in [0.15, 0.2) is 0 Å². The van der Waals surface area contributed by atoms with Crippen molar-refractivity contribution in [2.45, 2.75) is 64.5 Å². The third kappa shape index (κ3) is 3.92. The third-order valence-corrected chi connectivity index (χ3v) is 4.45. The van der Waals surface area contributed by atoms with Crippen LogP contribution in [-0.2, 0) is 0 Å². The molecule has 0 unspecified atom stereocenters. The van der Waals surface area contributed by atoms with Crippen molar-refractivity contribution >= 4 is 5.82 Å². The predicted molar refractivity (Wildman–Crippen MR) is 84.1 cm³/mol. The monoisotopic (exact) mass is 276 g/mol. The van der Waals surface area contributed by atoms with Gasteiger partial charge in [-0.1, -0.05) is 20.8 Å². The van der Waals surface area contributed by atoms with E-state index in [1.165, 1.54) is 25.7 Å². The highest BCUT2D eigenvalue weighted by Crippen LogP contribution is 2.25. The van der Waals surface area contributed by atoms with E-state index in [-0.39, 0.29) is 0 Å². The Bertz CT molecular complexity index is 411. The van der Waals surface area contributed by atoms with Gasteiger partial charge in [0.05, 0.1) is 0 Å². The Balaban J connectivity index is 1.88. The normalized spacial score (nSPS) is 23.3. The van der Waals surface area contributed by atoms with Gasteiger partial charge in [-0.05, 0) is 45.2 Å². The SMILES string of the molecule is CCN(C)[C@H]1CC[C@@H](Nc2cc(C(C)C)ncn2)CC1. The van der Waals surface area contributed by atoms with Crippen LogP contribution in [0.15, 0.2) is 12.4 Å². The number of anilines is 1. The Morgan fingerprint density at radius 2 is 1.95 bits per heavy atom. The van der Waals surface area contributed by atoms with Gasteiger partial charge in [0.25, 0.3) is 0 Å². The molecule has 1 aliphatic carbocycles. The van der Waals surface area contributed by atoms with E-state index in [1.54, 1.807) is 6.33 Å². The quantitative estimate of drug-likeness (QED) is 0.896. The fourth-order valence-corrected chi connectivity index (χ4v) is 2.90. The Morgan fingerprint density at radius 1 is 1.25 bits per heavy atom. The average Bonchev–Trinajstić information content (AvgIpc) is 2.47. The van der Waals surface area contributed by atoms with Crippen molar-refractivity contribution in [1.82, 2.24) is 14.9 Å². The molecular weight excluding hydrogens is 248 g/mol. The maximum atomic E-state index is 4.35. The minimum Gasteiger partial charge on any atom is -0.367 e. The summed E-state index contributed by atoms with van der Waals surface area (Å²) >= 11 is 0. The Labute approximate surface area is 123 Å². The topological polar surface area (TPSA) is 41.0 Å². The van der Waals surface area contributed by atoms with E-state index in [2.05, 4.69) is 54.1 Å².